The molecule has 0 spiro atoms. The Hall–Kier alpha value is -1.55. The van der Waals surface area contributed by atoms with Crippen molar-refractivity contribution in [1.82, 2.24) is 5.32 Å². The van der Waals surface area contributed by atoms with Crippen molar-refractivity contribution in [2.75, 3.05) is 13.2 Å². The maximum Gasteiger partial charge on any atom is 0.0347 e. The monoisotopic (exact) mass is 383 g/mol. The number of hydrogen-bond donors (Lipinski definition) is 1. The van der Waals surface area contributed by atoms with Gasteiger partial charge in [-0.25, -0.2) is 0 Å². The molecule has 1 N–H and O–H groups in total. The van der Waals surface area contributed by atoms with Crippen LogP contribution in [0, 0.1) is 19.3 Å². The first-order valence-corrected chi connectivity index (χ1v) is 10.8. The van der Waals surface area contributed by atoms with Gasteiger partial charge in [-0.05, 0) is 73.0 Å². The highest BCUT2D eigenvalue weighted by atomic mass is 31.0. The molecule has 2 atom stereocenters. The molecule has 0 amide bonds. The lowest BCUT2D eigenvalue weighted by Crippen LogP contribution is -2.27. The van der Waals surface area contributed by atoms with Gasteiger partial charge in [0.05, 0.1) is 0 Å². The van der Waals surface area contributed by atoms with Gasteiger partial charge in [-0.2, -0.15) is 0 Å². The van der Waals surface area contributed by atoms with E-state index in [0.717, 1.165) is 30.3 Å². The third-order valence-corrected chi connectivity index (χ3v) is 6.27. The van der Waals surface area contributed by atoms with Crippen LogP contribution in [0.15, 0.2) is 59.5 Å². The highest BCUT2D eigenvalue weighted by Gasteiger charge is 2.31. The highest BCUT2D eigenvalue weighted by molar-refractivity contribution is 7.16. The van der Waals surface area contributed by atoms with Crippen LogP contribution in [0.4, 0.5) is 0 Å². The Morgan fingerprint density at radius 3 is 2.48 bits per heavy atom. The quantitative estimate of drug-likeness (QED) is 0.270. The predicted molar refractivity (Wildman–Crippen MR) is 125 cm³/mol. The molecule has 1 nitrogen and oxygen atoms in total. The van der Waals surface area contributed by atoms with Gasteiger partial charge in [0, 0.05) is 18.3 Å². The molecule has 0 fully saturated rings. The maximum absolute atomic E-state index is 4.28. The fourth-order valence-corrected chi connectivity index (χ4v) is 4.53. The molecule has 2 unspecified atom stereocenters. The molecule has 0 aliphatic carbocycles. The van der Waals surface area contributed by atoms with Gasteiger partial charge in [0.15, 0.2) is 0 Å². The van der Waals surface area contributed by atoms with Crippen LogP contribution in [0.1, 0.15) is 56.7 Å². The fourth-order valence-electron chi connectivity index (χ4n) is 3.84. The number of hydrogen-bond acceptors (Lipinski definition) is 1. The topological polar surface area (TPSA) is 12.0 Å². The molecule has 148 valence electrons. The van der Waals surface area contributed by atoms with Gasteiger partial charge in [0.1, 0.15) is 0 Å². The summed E-state index contributed by atoms with van der Waals surface area (Å²) < 4.78 is 0. The van der Waals surface area contributed by atoms with Crippen molar-refractivity contribution in [3.63, 3.8) is 0 Å². The summed E-state index contributed by atoms with van der Waals surface area (Å²) in [7, 11) is 4.88. The van der Waals surface area contributed by atoms with Crippen LogP contribution in [0.25, 0.3) is 0 Å². The van der Waals surface area contributed by atoms with Crippen molar-refractivity contribution < 1.29 is 0 Å². The number of rotatable bonds is 10. The summed E-state index contributed by atoms with van der Waals surface area (Å²) in [5.41, 5.74) is 12.0. The molecule has 1 rings (SSSR count). The Bertz CT molecular complexity index is 750. The number of benzene rings is 1. The molecule has 0 aliphatic rings. The summed E-state index contributed by atoms with van der Waals surface area (Å²) in [6, 6.07) is 6.67. The van der Waals surface area contributed by atoms with Crippen molar-refractivity contribution in [1.29, 1.82) is 0 Å². The number of allylic oxidation sites excluding steroid dienone is 2. The van der Waals surface area contributed by atoms with Gasteiger partial charge in [-0.3, -0.25) is 0 Å². The first-order valence-electron chi connectivity index (χ1n) is 9.98. The minimum absolute atomic E-state index is 0.0591. The van der Waals surface area contributed by atoms with Crippen LogP contribution in [-0.4, -0.2) is 13.2 Å². The van der Waals surface area contributed by atoms with E-state index >= 15 is 0 Å². The number of aryl methyl sites for hydroxylation is 1. The largest absolute Gasteiger partial charge is 0.388 e. The molecule has 1 aromatic carbocycles. The van der Waals surface area contributed by atoms with Crippen LogP contribution in [0.2, 0.25) is 0 Å². The zero-order valence-electron chi connectivity index (χ0n) is 18.3. The Balaban J connectivity index is 3.64. The van der Waals surface area contributed by atoms with Crippen molar-refractivity contribution in [3.8, 4) is 0 Å². The van der Waals surface area contributed by atoms with E-state index in [0.29, 0.717) is 0 Å². The zero-order chi connectivity index (χ0) is 20.6. The van der Waals surface area contributed by atoms with Gasteiger partial charge in [0.2, 0.25) is 0 Å². The van der Waals surface area contributed by atoms with E-state index in [1.165, 1.54) is 40.7 Å². The molecule has 0 aromatic heterocycles. The first-order chi connectivity index (χ1) is 12.7. The lowest BCUT2D eigenvalue weighted by atomic mass is 9.70. The normalized spacial score (nSPS) is 14.0. The fraction of sp³-hybridized carbons (Fsp3) is 0.480. The molecule has 2 heteroatoms. The lowest BCUT2D eigenvalue weighted by molar-refractivity contribution is 0.347. The molecule has 0 bridgehead atoms. The minimum atomic E-state index is 0.0591. The smallest absolute Gasteiger partial charge is 0.0347 e. The molecule has 27 heavy (non-hydrogen) atoms. The second-order valence-electron chi connectivity index (χ2n) is 7.79. The third kappa shape index (κ3) is 5.71. The average Bonchev–Trinajstić information content (AvgIpc) is 2.66. The van der Waals surface area contributed by atoms with E-state index in [2.05, 4.69) is 86.3 Å². The summed E-state index contributed by atoms with van der Waals surface area (Å²) in [5, 5.41) is 3.26. The van der Waals surface area contributed by atoms with Crippen molar-refractivity contribution in [3.05, 3.63) is 76.2 Å². The van der Waals surface area contributed by atoms with E-state index in [9.17, 15) is 0 Å². The van der Waals surface area contributed by atoms with Gasteiger partial charge in [-0.15, -0.1) is 15.0 Å². The number of likely N-dealkylation sites (N-methyl/N-ethyl adjacent to an activating group) is 1. The third-order valence-electron chi connectivity index (χ3n) is 5.86. The van der Waals surface area contributed by atoms with Crippen LogP contribution in [0.5, 0.6) is 0 Å². The van der Waals surface area contributed by atoms with E-state index in [1.807, 2.05) is 7.05 Å². The standard InChI is InChI=1S/C25H38NP/c1-9-11-15-25(7,16-22-14-12-13-19(4)20(22)5)23(17-27)24(18(3)10-2)21(6)26-8/h12-14,26H,2,6,9,11,15-17,27H2,1,3-5,7-8H3/b24-23-. The van der Waals surface area contributed by atoms with Gasteiger partial charge >= 0.3 is 0 Å². The molecular formula is C25H38NP. The van der Waals surface area contributed by atoms with Gasteiger partial charge < -0.3 is 5.32 Å². The predicted octanol–water partition coefficient (Wildman–Crippen LogP) is 6.68. The van der Waals surface area contributed by atoms with E-state index in [-0.39, 0.29) is 5.41 Å². The van der Waals surface area contributed by atoms with Gasteiger partial charge in [0.25, 0.3) is 0 Å². The SMILES string of the molecule is C=C=C(C)/C(C(=C)NC)=C(\CP)C(C)(CCCC)Cc1cccc(C)c1C. The van der Waals surface area contributed by atoms with Crippen LogP contribution >= 0.6 is 9.24 Å². The Morgan fingerprint density at radius 1 is 1.30 bits per heavy atom. The molecular weight excluding hydrogens is 345 g/mol. The lowest BCUT2D eigenvalue weighted by Gasteiger charge is -2.36. The minimum Gasteiger partial charge on any atom is -0.388 e. The first kappa shape index (κ1) is 23.5. The summed E-state index contributed by atoms with van der Waals surface area (Å²) in [4.78, 5) is 0. The summed E-state index contributed by atoms with van der Waals surface area (Å²) in [6.45, 7) is 19.4. The summed E-state index contributed by atoms with van der Waals surface area (Å²) in [6.07, 6.45) is 5.53. The van der Waals surface area contributed by atoms with E-state index < -0.39 is 0 Å². The maximum atomic E-state index is 4.28. The highest BCUT2D eigenvalue weighted by Crippen LogP contribution is 2.42. The van der Waals surface area contributed by atoms with Crippen molar-refractivity contribution in [2.45, 2.75) is 60.3 Å². The second kappa shape index (κ2) is 10.7. The summed E-state index contributed by atoms with van der Waals surface area (Å²) in [5.74, 6) is 0. The molecule has 0 heterocycles. The molecule has 0 saturated heterocycles. The average molecular weight is 384 g/mol. The Morgan fingerprint density at radius 2 is 1.96 bits per heavy atom. The van der Waals surface area contributed by atoms with Crippen molar-refractivity contribution >= 4 is 9.24 Å². The van der Waals surface area contributed by atoms with Crippen molar-refractivity contribution in [2.24, 2.45) is 5.41 Å². The van der Waals surface area contributed by atoms with E-state index in [4.69, 9.17) is 0 Å². The Labute approximate surface area is 169 Å². The Kier molecular flexibility index (Phi) is 9.31. The van der Waals surface area contributed by atoms with Gasteiger partial charge in [-0.1, -0.05) is 58.0 Å². The molecule has 0 saturated carbocycles. The number of nitrogens with one attached hydrogen (secondary N) is 1. The van der Waals surface area contributed by atoms with Crippen LogP contribution < -0.4 is 5.32 Å². The van der Waals surface area contributed by atoms with Crippen LogP contribution in [-0.2, 0) is 6.42 Å². The summed E-state index contributed by atoms with van der Waals surface area (Å²) >= 11 is 0. The molecule has 0 radical (unpaired) electrons. The molecule has 1 aromatic rings. The van der Waals surface area contributed by atoms with Crippen LogP contribution in [0.3, 0.4) is 0 Å². The number of unbranched alkanes of at least 4 members (excludes halogenated alkanes) is 1. The second-order valence-corrected chi connectivity index (χ2v) is 8.20. The molecule has 0 aliphatic heterocycles. The van der Waals surface area contributed by atoms with E-state index in [1.54, 1.807) is 0 Å². The zero-order valence-corrected chi connectivity index (χ0v) is 19.4.